The molecular weight excluding hydrogens is 328 g/mol. The summed E-state index contributed by atoms with van der Waals surface area (Å²) in [5.41, 5.74) is -0.00435. The quantitative estimate of drug-likeness (QED) is 0.258. The lowest BCUT2D eigenvalue weighted by molar-refractivity contribution is -0.145. The molecule has 0 amide bonds. The first kappa shape index (κ1) is 25.1. The number of esters is 1. The lowest BCUT2D eigenvalue weighted by atomic mass is 9.95. The van der Waals surface area contributed by atoms with Crippen molar-refractivity contribution in [3.63, 3.8) is 0 Å². The Kier molecular flexibility index (Phi) is 13.7. The van der Waals surface area contributed by atoms with E-state index < -0.39 is 0 Å². The van der Waals surface area contributed by atoms with E-state index in [0.717, 1.165) is 32.3 Å². The summed E-state index contributed by atoms with van der Waals surface area (Å²) in [6.07, 6.45) is 8.25. The van der Waals surface area contributed by atoms with Crippen LogP contribution >= 0.6 is 0 Å². The number of ketones is 1. The molecule has 26 heavy (non-hydrogen) atoms. The smallest absolute Gasteiger partial charge is 0.306 e. The van der Waals surface area contributed by atoms with Crippen LogP contribution < -0.4 is 0 Å². The predicted molar refractivity (Wildman–Crippen MR) is 107 cm³/mol. The van der Waals surface area contributed by atoms with Crippen LogP contribution in [-0.4, -0.2) is 30.6 Å². The zero-order valence-corrected chi connectivity index (χ0v) is 18.1. The van der Waals surface area contributed by atoms with Gasteiger partial charge in [0, 0.05) is 18.9 Å². The molecule has 0 aliphatic carbocycles. The van der Waals surface area contributed by atoms with Gasteiger partial charge >= 0.3 is 5.97 Å². The lowest BCUT2D eigenvalue weighted by Crippen LogP contribution is -2.23. The van der Waals surface area contributed by atoms with Gasteiger partial charge in [0.1, 0.15) is 5.78 Å². The normalized spacial score (nSPS) is 13.0. The minimum atomic E-state index is -0.246. The molecule has 0 fully saturated rings. The number of carbonyl (C=O) groups is 2. The van der Waals surface area contributed by atoms with Crippen LogP contribution in [0.5, 0.6) is 0 Å². The molecule has 0 heterocycles. The average molecular weight is 371 g/mol. The fourth-order valence-electron chi connectivity index (χ4n) is 2.64. The van der Waals surface area contributed by atoms with Gasteiger partial charge in [-0.25, -0.2) is 0 Å². The number of ether oxygens (including phenoxy) is 2. The van der Waals surface area contributed by atoms with Crippen LogP contribution in [0.25, 0.3) is 0 Å². The van der Waals surface area contributed by atoms with Crippen LogP contribution in [0.1, 0.15) is 99.3 Å². The van der Waals surface area contributed by atoms with Crippen LogP contribution in [0.3, 0.4) is 0 Å². The minimum absolute atomic E-state index is 0.00435. The highest BCUT2D eigenvalue weighted by Crippen LogP contribution is 2.19. The summed E-state index contributed by atoms with van der Waals surface area (Å²) in [6.45, 7) is 13.7. The summed E-state index contributed by atoms with van der Waals surface area (Å²) in [7, 11) is 0. The molecule has 0 aromatic rings. The first-order chi connectivity index (χ1) is 12.2. The molecule has 0 aliphatic heterocycles. The largest absolute Gasteiger partial charge is 0.466 e. The highest BCUT2D eigenvalue weighted by molar-refractivity contribution is 5.84. The van der Waals surface area contributed by atoms with Gasteiger partial charge in [0.25, 0.3) is 0 Å². The number of unbranched alkanes of at least 4 members (excludes halogenated alkanes) is 2. The van der Waals surface area contributed by atoms with Gasteiger partial charge in [-0.2, -0.15) is 0 Å². The Bertz CT molecular complexity index is 388. The van der Waals surface area contributed by atoms with Crippen molar-refractivity contribution in [1.82, 2.24) is 0 Å². The fraction of sp³-hybridized carbons (Fsp3) is 0.909. The molecule has 0 spiro atoms. The summed E-state index contributed by atoms with van der Waals surface area (Å²) in [5, 5.41) is 0. The van der Waals surface area contributed by atoms with E-state index in [9.17, 15) is 9.59 Å². The van der Waals surface area contributed by atoms with Crippen LogP contribution in [0, 0.1) is 11.8 Å². The minimum Gasteiger partial charge on any atom is -0.466 e. The first-order valence-electron chi connectivity index (χ1n) is 10.5. The molecule has 0 radical (unpaired) electrons. The molecule has 1 atom stereocenters. The third kappa shape index (κ3) is 13.3. The molecule has 0 saturated heterocycles. The molecule has 0 bridgehead atoms. The van der Waals surface area contributed by atoms with Crippen molar-refractivity contribution in [2.24, 2.45) is 11.8 Å². The van der Waals surface area contributed by atoms with E-state index >= 15 is 0 Å². The third-order valence-corrected chi connectivity index (χ3v) is 5.19. The molecular formula is C22H42O4. The maximum absolute atomic E-state index is 11.7. The SMILES string of the molecule is CCC(CCCCCOC(C)(C)CC)CCOC(=O)CCC(=O)C(C)C. The summed E-state index contributed by atoms with van der Waals surface area (Å²) in [6, 6.07) is 0. The second-order valence-electron chi connectivity index (χ2n) is 8.22. The van der Waals surface area contributed by atoms with Crippen molar-refractivity contribution < 1.29 is 19.1 Å². The third-order valence-electron chi connectivity index (χ3n) is 5.19. The van der Waals surface area contributed by atoms with Crippen LogP contribution in [0.2, 0.25) is 0 Å². The number of hydrogen-bond acceptors (Lipinski definition) is 4. The van der Waals surface area contributed by atoms with Gasteiger partial charge in [0.15, 0.2) is 0 Å². The maximum Gasteiger partial charge on any atom is 0.306 e. The Morgan fingerprint density at radius 2 is 1.62 bits per heavy atom. The molecule has 4 heteroatoms. The Morgan fingerprint density at radius 3 is 2.19 bits per heavy atom. The zero-order valence-electron chi connectivity index (χ0n) is 18.1. The van der Waals surface area contributed by atoms with E-state index in [1.165, 1.54) is 19.3 Å². The molecule has 0 aliphatic rings. The Labute approximate surface area is 161 Å². The van der Waals surface area contributed by atoms with E-state index in [4.69, 9.17) is 9.47 Å². The molecule has 0 N–H and O–H groups in total. The van der Waals surface area contributed by atoms with Gasteiger partial charge < -0.3 is 9.47 Å². The maximum atomic E-state index is 11.7. The van der Waals surface area contributed by atoms with Crippen molar-refractivity contribution in [1.29, 1.82) is 0 Å². The van der Waals surface area contributed by atoms with Gasteiger partial charge in [0.05, 0.1) is 18.6 Å². The van der Waals surface area contributed by atoms with E-state index in [2.05, 4.69) is 27.7 Å². The molecule has 0 aromatic carbocycles. The van der Waals surface area contributed by atoms with Crippen LogP contribution in [0.15, 0.2) is 0 Å². The van der Waals surface area contributed by atoms with Gasteiger partial charge in [0.2, 0.25) is 0 Å². The van der Waals surface area contributed by atoms with E-state index in [1.54, 1.807) is 0 Å². The monoisotopic (exact) mass is 370 g/mol. The van der Waals surface area contributed by atoms with Gasteiger partial charge in [-0.3, -0.25) is 9.59 Å². The summed E-state index contributed by atoms with van der Waals surface area (Å²) >= 11 is 0. The number of hydrogen-bond donors (Lipinski definition) is 0. The molecule has 4 nitrogen and oxygen atoms in total. The van der Waals surface area contributed by atoms with Crippen LogP contribution in [-0.2, 0) is 19.1 Å². The second kappa shape index (κ2) is 14.2. The number of Topliss-reactive ketones (excluding diaryl/α,β-unsaturated/α-hetero) is 1. The highest BCUT2D eigenvalue weighted by Gasteiger charge is 2.15. The summed E-state index contributed by atoms with van der Waals surface area (Å²) in [4.78, 5) is 23.2. The van der Waals surface area contributed by atoms with Gasteiger partial charge in [-0.1, -0.05) is 53.4 Å². The van der Waals surface area contributed by atoms with Crippen LogP contribution in [0.4, 0.5) is 0 Å². The summed E-state index contributed by atoms with van der Waals surface area (Å²) < 4.78 is 11.2. The van der Waals surface area contributed by atoms with Crippen molar-refractivity contribution in [3.05, 3.63) is 0 Å². The number of rotatable bonds is 16. The average Bonchev–Trinajstić information content (AvgIpc) is 2.60. The topological polar surface area (TPSA) is 52.6 Å². The van der Waals surface area contributed by atoms with Crippen molar-refractivity contribution in [2.45, 2.75) is 105 Å². The zero-order chi connectivity index (χ0) is 20.0. The highest BCUT2D eigenvalue weighted by atomic mass is 16.5. The molecule has 0 rings (SSSR count). The second-order valence-corrected chi connectivity index (χ2v) is 8.22. The standard InChI is InChI=1S/C22H42O4/c1-7-19(12-10-9-11-16-26-22(5,6)8-2)15-17-25-21(24)14-13-20(23)18(3)4/h18-19H,7-17H2,1-6H3. The molecule has 154 valence electrons. The van der Waals surface area contributed by atoms with Crippen molar-refractivity contribution in [2.75, 3.05) is 13.2 Å². The molecule has 0 saturated carbocycles. The lowest BCUT2D eigenvalue weighted by Gasteiger charge is -2.23. The Balaban J connectivity index is 3.73. The Hall–Kier alpha value is -0.900. The summed E-state index contributed by atoms with van der Waals surface area (Å²) in [5.74, 6) is 0.475. The van der Waals surface area contributed by atoms with E-state index in [1.807, 2.05) is 13.8 Å². The van der Waals surface area contributed by atoms with Crippen molar-refractivity contribution in [3.8, 4) is 0 Å². The number of carbonyl (C=O) groups excluding carboxylic acids is 2. The van der Waals surface area contributed by atoms with Gasteiger partial charge in [-0.15, -0.1) is 0 Å². The fourth-order valence-corrected chi connectivity index (χ4v) is 2.64. The van der Waals surface area contributed by atoms with Crippen molar-refractivity contribution >= 4 is 11.8 Å². The molecule has 0 aromatic heterocycles. The van der Waals surface area contributed by atoms with E-state index in [0.29, 0.717) is 18.9 Å². The predicted octanol–water partition coefficient (Wildman–Crippen LogP) is 5.72. The van der Waals surface area contributed by atoms with Gasteiger partial charge in [-0.05, 0) is 39.0 Å². The first-order valence-corrected chi connectivity index (χ1v) is 10.5. The molecule has 1 unspecified atom stereocenters. The van der Waals surface area contributed by atoms with E-state index in [-0.39, 0.29) is 29.7 Å². The Morgan fingerprint density at radius 1 is 0.923 bits per heavy atom.